The van der Waals surface area contributed by atoms with Crippen molar-refractivity contribution >= 4 is 6.29 Å². The Morgan fingerprint density at radius 1 is 1.35 bits per heavy atom. The zero-order chi connectivity index (χ0) is 12.8. The van der Waals surface area contributed by atoms with Crippen molar-refractivity contribution in [2.45, 2.75) is 26.4 Å². The standard InChI is InChI=1S/C12H14F2O3/c1-3-16-10-5-4-9(8(2)7-15)6-11(10)17-12(13)14/h4-8,12H,3H2,1-2H3. The topological polar surface area (TPSA) is 35.5 Å². The second-order valence-electron chi connectivity index (χ2n) is 3.44. The summed E-state index contributed by atoms with van der Waals surface area (Å²) in [6.07, 6.45) is 0.738. The van der Waals surface area contributed by atoms with Crippen molar-refractivity contribution in [2.24, 2.45) is 0 Å². The zero-order valence-corrected chi connectivity index (χ0v) is 9.65. The minimum absolute atomic E-state index is 0.0481. The Hall–Kier alpha value is -1.65. The summed E-state index contributed by atoms with van der Waals surface area (Å²) in [5.41, 5.74) is 0.610. The molecule has 1 aromatic rings. The number of hydrogen-bond donors (Lipinski definition) is 0. The van der Waals surface area contributed by atoms with Gasteiger partial charge in [0.15, 0.2) is 11.5 Å². The van der Waals surface area contributed by atoms with Gasteiger partial charge in [0.1, 0.15) is 6.29 Å². The molecule has 0 fully saturated rings. The number of halogens is 2. The highest BCUT2D eigenvalue weighted by Crippen LogP contribution is 2.31. The molecular formula is C12H14F2O3. The molecule has 0 aromatic heterocycles. The molecule has 1 unspecified atom stereocenters. The number of carbonyl (C=O) groups excluding carboxylic acids is 1. The molecule has 1 atom stereocenters. The molecule has 0 spiro atoms. The first-order chi connectivity index (χ1) is 8.08. The van der Waals surface area contributed by atoms with Gasteiger partial charge in [0, 0.05) is 5.92 Å². The first-order valence-corrected chi connectivity index (χ1v) is 5.25. The van der Waals surface area contributed by atoms with Crippen LogP contribution < -0.4 is 9.47 Å². The first-order valence-electron chi connectivity index (χ1n) is 5.25. The van der Waals surface area contributed by atoms with Gasteiger partial charge in [-0.05, 0) is 24.6 Å². The second-order valence-corrected chi connectivity index (χ2v) is 3.44. The maximum absolute atomic E-state index is 12.2. The lowest BCUT2D eigenvalue weighted by molar-refractivity contribution is -0.108. The average molecular weight is 244 g/mol. The predicted octanol–water partition coefficient (Wildman–Crippen LogP) is 2.99. The molecule has 0 aliphatic carbocycles. The fourth-order valence-electron chi connectivity index (χ4n) is 1.35. The Balaban J connectivity index is 3.04. The van der Waals surface area contributed by atoms with E-state index in [0.29, 0.717) is 12.2 Å². The first kappa shape index (κ1) is 13.4. The SMILES string of the molecule is CCOc1ccc(C(C)C=O)cc1OC(F)F. The Morgan fingerprint density at radius 2 is 2.06 bits per heavy atom. The van der Waals surface area contributed by atoms with Crippen molar-refractivity contribution in [1.82, 2.24) is 0 Å². The van der Waals surface area contributed by atoms with Crippen LogP contribution in [0.25, 0.3) is 0 Å². The van der Waals surface area contributed by atoms with Gasteiger partial charge in [0.25, 0.3) is 0 Å². The number of alkyl halides is 2. The minimum Gasteiger partial charge on any atom is -0.490 e. The van der Waals surface area contributed by atoms with Crippen LogP contribution in [-0.2, 0) is 4.79 Å². The van der Waals surface area contributed by atoms with E-state index >= 15 is 0 Å². The molecule has 94 valence electrons. The van der Waals surface area contributed by atoms with Gasteiger partial charge in [-0.3, -0.25) is 0 Å². The molecule has 5 heteroatoms. The van der Waals surface area contributed by atoms with Gasteiger partial charge >= 0.3 is 6.61 Å². The Kier molecular flexibility index (Phi) is 4.87. The summed E-state index contributed by atoms with van der Waals surface area (Å²) < 4.78 is 33.9. The van der Waals surface area contributed by atoms with Crippen LogP contribution in [0.15, 0.2) is 18.2 Å². The molecule has 1 rings (SSSR count). The normalized spacial score (nSPS) is 12.3. The van der Waals surface area contributed by atoms with Crippen LogP contribution >= 0.6 is 0 Å². The van der Waals surface area contributed by atoms with E-state index in [1.54, 1.807) is 19.9 Å². The van der Waals surface area contributed by atoms with Crippen LogP contribution in [0, 0.1) is 0 Å². The predicted molar refractivity (Wildman–Crippen MR) is 58.7 cm³/mol. The van der Waals surface area contributed by atoms with Crippen molar-refractivity contribution in [3.63, 3.8) is 0 Å². The molecule has 0 bridgehead atoms. The molecule has 0 aliphatic rings. The van der Waals surface area contributed by atoms with E-state index in [1.165, 1.54) is 12.1 Å². The van der Waals surface area contributed by atoms with Gasteiger partial charge in [0.05, 0.1) is 6.61 Å². The summed E-state index contributed by atoms with van der Waals surface area (Å²) in [4.78, 5) is 10.6. The lowest BCUT2D eigenvalue weighted by Gasteiger charge is -2.13. The third kappa shape index (κ3) is 3.69. The molecule has 0 saturated heterocycles. The molecular weight excluding hydrogens is 230 g/mol. The van der Waals surface area contributed by atoms with E-state index in [9.17, 15) is 13.6 Å². The highest BCUT2D eigenvalue weighted by atomic mass is 19.3. The molecule has 0 radical (unpaired) electrons. The van der Waals surface area contributed by atoms with Crippen LogP contribution in [0.1, 0.15) is 25.3 Å². The van der Waals surface area contributed by atoms with Crippen LogP contribution in [0.4, 0.5) is 8.78 Å². The van der Waals surface area contributed by atoms with E-state index in [0.717, 1.165) is 6.29 Å². The van der Waals surface area contributed by atoms with Gasteiger partial charge in [-0.1, -0.05) is 13.0 Å². The molecule has 17 heavy (non-hydrogen) atoms. The minimum atomic E-state index is -2.92. The summed E-state index contributed by atoms with van der Waals surface area (Å²) in [6, 6.07) is 4.58. The average Bonchev–Trinajstić information content (AvgIpc) is 2.30. The monoisotopic (exact) mass is 244 g/mol. The Labute approximate surface area is 98.3 Å². The van der Waals surface area contributed by atoms with Crippen molar-refractivity contribution in [3.8, 4) is 11.5 Å². The smallest absolute Gasteiger partial charge is 0.387 e. The fraction of sp³-hybridized carbons (Fsp3) is 0.417. The third-order valence-corrected chi connectivity index (χ3v) is 2.21. The van der Waals surface area contributed by atoms with Gasteiger partial charge in [-0.2, -0.15) is 8.78 Å². The summed E-state index contributed by atoms with van der Waals surface area (Å²) in [5.74, 6) is -0.173. The van der Waals surface area contributed by atoms with Crippen LogP contribution in [0.2, 0.25) is 0 Å². The van der Waals surface area contributed by atoms with Gasteiger partial charge in [-0.15, -0.1) is 0 Å². The zero-order valence-electron chi connectivity index (χ0n) is 9.65. The van der Waals surface area contributed by atoms with Crippen LogP contribution in [-0.4, -0.2) is 19.5 Å². The highest BCUT2D eigenvalue weighted by molar-refractivity contribution is 5.62. The van der Waals surface area contributed by atoms with Gasteiger partial charge in [0.2, 0.25) is 0 Å². The van der Waals surface area contributed by atoms with Gasteiger partial charge < -0.3 is 14.3 Å². The van der Waals surface area contributed by atoms with Crippen molar-refractivity contribution in [3.05, 3.63) is 23.8 Å². The summed E-state index contributed by atoms with van der Waals surface area (Å²) in [5, 5.41) is 0. The van der Waals surface area contributed by atoms with Crippen molar-refractivity contribution < 1.29 is 23.0 Å². The number of ether oxygens (including phenoxy) is 2. The van der Waals surface area contributed by atoms with Crippen LogP contribution in [0.3, 0.4) is 0 Å². The molecule has 0 saturated carbocycles. The van der Waals surface area contributed by atoms with Crippen LogP contribution in [0.5, 0.6) is 11.5 Å². The molecule has 0 heterocycles. The van der Waals surface area contributed by atoms with E-state index in [1.807, 2.05) is 0 Å². The number of benzene rings is 1. The maximum Gasteiger partial charge on any atom is 0.387 e. The highest BCUT2D eigenvalue weighted by Gasteiger charge is 2.13. The van der Waals surface area contributed by atoms with Crippen molar-refractivity contribution in [1.29, 1.82) is 0 Å². The third-order valence-electron chi connectivity index (χ3n) is 2.21. The lowest BCUT2D eigenvalue weighted by atomic mass is 10.0. The fourth-order valence-corrected chi connectivity index (χ4v) is 1.35. The lowest BCUT2D eigenvalue weighted by Crippen LogP contribution is -2.06. The second kappa shape index (κ2) is 6.18. The Morgan fingerprint density at radius 3 is 2.59 bits per heavy atom. The summed E-state index contributed by atoms with van der Waals surface area (Å²) in [6.45, 7) is 0.849. The summed E-state index contributed by atoms with van der Waals surface area (Å²) >= 11 is 0. The van der Waals surface area contributed by atoms with E-state index in [2.05, 4.69) is 4.74 Å². The molecule has 0 amide bonds. The molecule has 3 nitrogen and oxygen atoms in total. The Bertz CT molecular complexity index is 380. The molecule has 1 aromatic carbocycles. The quantitative estimate of drug-likeness (QED) is 0.721. The maximum atomic E-state index is 12.2. The van der Waals surface area contributed by atoms with Crippen molar-refractivity contribution in [2.75, 3.05) is 6.61 Å². The number of aldehydes is 1. The van der Waals surface area contributed by atoms with E-state index < -0.39 is 6.61 Å². The number of carbonyl (C=O) groups is 1. The van der Waals surface area contributed by atoms with Gasteiger partial charge in [-0.25, -0.2) is 0 Å². The molecule has 0 aliphatic heterocycles. The number of rotatable bonds is 6. The largest absolute Gasteiger partial charge is 0.490 e. The number of hydrogen-bond acceptors (Lipinski definition) is 3. The van der Waals surface area contributed by atoms with E-state index in [4.69, 9.17) is 4.74 Å². The molecule has 0 N–H and O–H groups in total. The van der Waals surface area contributed by atoms with E-state index in [-0.39, 0.29) is 17.4 Å². The summed E-state index contributed by atoms with van der Waals surface area (Å²) in [7, 11) is 0.